The van der Waals surface area contributed by atoms with E-state index in [0.29, 0.717) is 35.0 Å². The molecule has 3 aromatic heterocycles. The molecule has 0 unspecified atom stereocenters. The first-order valence-corrected chi connectivity index (χ1v) is 11.2. The van der Waals surface area contributed by atoms with Crippen LogP contribution in [0.5, 0.6) is 0 Å². The van der Waals surface area contributed by atoms with Crippen molar-refractivity contribution in [2.75, 3.05) is 0 Å². The molecule has 28 heavy (non-hydrogen) atoms. The summed E-state index contributed by atoms with van der Waals surface area (Å²) < 4.78 is 23.0. The van der Waals surface area contributed by atoms with Gasteiger partial charge in [0, 0.05) is 6.04 Å². The second-order valence-electron chi connectivity index (χ2n) is 6.28. The van der Waals surface area contributed by atoms with Gasteiger partial charge < -0.3 is 4.42 Å². The summed E-state index contributed by atoms with van der Waals surface area (Å²) in [4.78, 5) is 0.915. The van der Waals surface area contributed by atoms with Gasteiger partial charge in [-0.15, -0.1) is 31.7 Å². The van der Waals surface area contributed by atoms with E-state index in [2.05, 4.69) is 36.3 Å². The highest BCUT2D eigenvalue weighted by Crippen LogP contribution is 2.42. The van der Waals surface area contributed by atoms with E-state index in [1.54, 1.807) is 18.2 Å². The Morgan fingerprint density at radius 3 is 2.75 bits per heavy atom. The highest BCUT2D eigenvalue weighted by atomic mass is 79.9. The first-order chi connectivity index (χ1) is 13.7. The van der Waals surface area contributed by atoms with Gasteiger partial charge in [0.05, 0.1) is 20.0 Å². The van der Waals surface area contributed by atoms with E-state index >= 15 is 0 Å². The number of hydrogen-bond donors (Lipinski definition) is 0. The summed E-state index contributed by atoms with van der Waals surface area (Å²) in [5.41, 5.74) is 0.470. The summed E-state index contributed by atoms with van der Waals surface area (Å²) in [6, 6.07) is 10.8. The van der Waals surface area contributed by atoms with Gasteiger partial charge in [-0.25, -0.2) is 4.39 Å². The second-order valence-corrected chi connectivity index (χ2v) is 9.69. The maximum absolute atomic E-state index is 14.2. The summed E-state index contributed by atoms with van der Waals surface area (Å²) in [5, 5.41) is 17.5. The van der Waals surface area contributed by atoms with Crippen LogP contribution in [0.4, 0.5) is 4.39 Å². The number of rotatable bonds is 6. The number of aromatic nitrogens is 5. The third kappa shape index (κ3) is 3.51. The number of benzene rings is 1. The third-order valence-electron chi connectivity index (χ3n) is 4.27. The van der Waals surface area contributed by atoms with Gasteiger partial charge in [0.25, 0.3) is 5.89 Å². The SMILES string of the molecule is Fc1ccccc1-c1nnc(SCc2nnc(-c3ccc(Br)s3)o2)n1C1CC1. The minimum Gasteiger partial charge on any atom is -0.419 e. The van der Waals surface area contributed by atoms with Crippen molar-refractivity contribution < 1.29 is 8.81 Å². The molecule has 0 saturated heterocycles. The zero-order valence-electron chi connectivity index (χ0n) is 14.4. The van der Waals surface area contributed by atoms with Crippen LogP contribution in [0, 0.1) is 5.82 Å². The molecule has 0 radical (unpaired) electrons. The molecule has 0 amide bonds. The van der Waals surface area contributed by atoms with Crippen LogP contribution in [0.1, 0.15) is 24.8 Å². The average Bonchev–Trinajstić information content (AvgIpc) is 3.08. The Morgan fingerprint density at radius 2 is 2.00 bits per heavy atom. The predicted molar refractivity (Wildman–Crippen MR) is 109 cm³/mol. The van der Waals surface area contributed by atoms with Crippen LogP contribution in [0.25, 0.3) is 22.2 Å². The molecule has 6 nitrogen and oxygen atoms in total. The Labute approximate surface area is 176 Å². The Bertz CT molecular complexity index is 1140. The zero-order chi connectivity index (χ0) is 19.1. The number of nitrogens with zero attached hydrogens (tertiary/aromatic N) is 5. The first kappa shape index (κ1) is 18.0. The molecule has 1 aliphatic rings. The summed E-state index contributed by atoms with van der Waals surface area (Å²) in [5.74, 6) is 1.76. The van der Waals surface area contributed by atoms with E-state index in [4.69, 9.17) is 4.42 Å². The number of thiophene rings is 1. The Kier molecular flexibility index (Phi) is 4.77. The summed E-state index contributed by atoms with van der Waals surface area (Å²) in [7, 11) is 0. The van der Waals surface area contributed by atoms with E-state index in [-0.39, 0.29) is 5.82 Å². The van der Waals surface area contributed by atoms with Crippen molar-refractivity contribution in [3.05, 3.63) is 51.9 Å². The lowest BCUT2D eigenvalue weighted by molar-refractivity contribution is 0.529. The van der Waals surface area contributed by atoms with Gasteiger partial charge in [-0.2, -0.15) is 0 Å². The maximum Gasteiger partial charge on any atom is 0.257 e. The topological polar surface area (TPSA) is 69.6 Å². The van der Waals surface area contributed by atoms with Crippen LogP contribution in [0.2, 0.25) is 0 Å². The molecular formula is C18H13BrFN5OS2. The van der Waals surface area contributed by atoms with Crippen molar-refractivity contribution in [3.8, 4) is 22.2 Å². The monoisotopic (exact) mass is 477 g/mol. The van der Waals surface area contributed by atoms with Crippen LogP contribution < -0.4 is 0 Å². The lowest BCUT2D eigenvalue weighted by Crippen LogP contribution is -2.01. The van der Waals surface area contributed by atoms with Crippen LogP contribution in [-0.4, -0.2) is 25.0 Å². The minimum absolute atomic E-state index is 0.294. The fourth-order valence-corrected chi connectivity index (χ4v) is 4.98. The quantitative estimate of drug-likeness (QED) is 0.337. The van der Waals surface area contributed by atoms with Gasteiger partial charge in [0.1, 0.15) is 5.82 Å². The zero-order valence-corrected chi connectivity index (χ0v) is 17.6. The Hall–Kier alpha value is -2.04. The van der Waals surface area contributed by atoms with Crippen LogP contribution >= 0.6 is 39.0 Å². The highest BCUT2D eigenvalue weighted by Gasteiger charge is 2.31. The van der Waals surface area contributed by atoms with Gasteiger partial charge in [0.2, 0.25) is 5.89 Å². The normalized spacial score (nSPS) is 13.9. The lowest BCUT2D eigenvalue weighted by Gasteiger charge is -2.08. The van der Waals surface area contributed by atoms with Crippen molar-refractivity contribution in [2.45, 2.75) is 29.8 Å². The molecule has 1 saturated carbocycles. The van der Waals surface area contributed by atoms with E-state index in [1.807, 2.05) is 16.7 Å². The molecule has 0 spiro atoms. The smallest absolute Gasteiger partial charge is 0.257 e. The van der Waals surface area contributed by atoms with Crippen molar-refractivity contribution in [3.63, 3.8) is 0 Å². The first-order valence-electron chi connectivity index (χ1n) is 8.60. The van der Waals surface area contributed by atoms with Crippen molar-refractivity contribution >= 4 is 39.0 Å². The molecule has 142 valence electrons. The van der Waals surface area contributed by atoms with Crippen LogP contribution in [-0.2, 0) is 5.75 Å². The molecule has 10 heteroatoms. The van der Waals surface area contributed by atoms with E-state index < -0.39 is 0 Å². The molecule has 0 atom stereocenters. The van der Waals surface area contributed by atoms with Gasteiger partial charge in [-0.1, -0.05) is 23.9 Å². The molecule has 1 aliphatic carbocycles. The average molecular weight is 478 g/mol. The molecule has 1 aromatic carbocycles. The Morgan fingerprint density at radius 1 is 1.14 bits per heavy atom. The second kappa shape index (κ2) is 7.41. The van der Waals surface area contributed by atoms with Crippen molar-refractivity contribution in [1.82, 2.24) is 25.0 Å². The van der Waals surface area contributed by atoms with Gasteiger partial charge >= 0.3 is 0 Å². The van der Waals surface area contributed by atoms with E-state index in [0.717, 1.165) is 26.7 Å². The molecule has 0 aliphatic heterocycles. The lowest BCUT2D eigenvalue weighted by atomic mass is 10.2. The number of hydrogen-bond acceptors (Lipinski definition) is 7. The maximum atomic E-state index is 14.2. The standard InChI is InChI=1S/C18H13BrFN5OS2/c19-14-8-7-13(28-14)17-23-21-15(26-17)9-27-18-24-22-16(25(18)10-5-6-10)11-3-1-2-4-12(11)20/h1-4,7-8,10H,5-6,9H2. The molecule has 0 bridgehead atoms. The minimum atomic E-state index is -0.294. The van der Waals surface area contributed by atoms with Crippen LogP contribution in [0.3, 0.4) is 0 Å². The fourth-order valence-electron chi connectivity index (χ4n) is 2.83. The molecule has 3 heterocycles. The summed E-state index contributed by atoms with van der Waals surface area (Å²) >= 11 is 6.44. The van der Waals surface area contributed by atoms with Gasteiger partial charge in [0.15, 0.2) is 11.0 Å². The molecular weight excluding hydrogens is 465 g/mol. The fraction of sp³-hybridized carbons (Fsp3) is 0.222. The Balaban J connectivity index is 1.38. The number of thioether (sulfide) groups is 1. The van der Waals surface area contributed by atoms with Crippen molar-refractivity contribution in [1.29, 1.82) is 0 Å². The molecule has 5 rings (SSSR count). The highest BCUT2D eigenvalue weighted by molar-refractivity contribution is 9.11. The molecule has 0 N–H and O–H groups in total. The summed E-state index contributed by atoms with van der Waals surface area (Å²) in [6.07, 6.45) is 2.09. The molecule has 4 aromatic rings. The van der Waals surface area contributed by atoms with E-state index in [1.165, 1.54) is 29.2 Å². The summed E-state index contributed by atoms with van der Waals surface area (Å²) in [6.45, 7) is 0. The van der Waals surface area contributed by atoms with Crippen LogP contribution in [0.15, 0.2) is 49.8 Å². The van der Waals surface area contributed by atoms with Crippen molar-refractivity contribution in [2.24, 2.45) is 0 Å². The van der Waals surface area contributed by atoms with E-state index in [9.17, 15) is 4.39 Å². The predicted octanol–water partition coefficient (Wildman–Crippen LogP) is 5.59. The molecule has 1 fully saturated rings. The largest absolute Gasteiger partial charge is 0.419 e. The number of halogens is 2. The van der Waals surface area contributed by atoms with Gasteiger partial charge in [-0.3, -0.25) is 4.57 Å². The van der Waals surface area contributed by atoms with Gasteiger partial charge in [-0.05, 0) is 53.0 Å². The third-order valence-corrected chi connectivity index (χ3v) is 6.81.